The highest BCUT2D eigenvalue weighted by atomic mass is 32.1. The minimum Gasteiger partial charge on any atom is -0.456 e. The van der Waals surface area contributed by atoms with E-state index >= 15 is 0 Å². The Labute approximate surface area is 373 Å². The molecule has 0 bridgehead atoms. The van der Waals surface area contributed by atoms with Crippen LogP contribution in [0.15, 0.2) is 120 Å². The van der Waals surface area contributed by atoms with Gasteiger partial charge >= 0.3 is 6.85 Å². The molecule has 7 aromatic carbocycles. The Morgan fingerprint density at radius 3 is 1.97 bits per heavy atom. The van der Waals surface area contributed by atoms with Gasteiger partial charge < -0.3 is 13.8 Å². The van der Waals surface area contributed by atoms with Gasteiger partial charge in [0.2, 0.25) is 0 Å². The van der Waals surface area contributed by atoms with Crippen molar-refractivity contribution in [3.05, 3.63) is 138 Å². The number of para-hydroxylation sites is 2. The minimum absolute atomic E-state index is 0.0428. The van der Waals surface area contributed by atoms with Gasteiger partial charge in [-0.1, -0.05) is 128 Å². The summed E-state index contributed by atoms with van der Waals surface area (Å²) in [5.74, 6) is 0. The summed E-state index contributed by atoms with van der Waals surface area (Å²) in [6.45, 7) is 19.7. The Balaban J connectivity index is 1.20. The van der Waals surface area contributed by atoms with Crippen LogP contribution in [0.25, 0.3) is 75.7 Å². The van der Waals surface area contributed by atoms with Gasteiger partial charge in [0.15, 0.2) is 0 Å². The number of hydrogen-bond acceptors (Lipinski definition) is 3. The highest BCUT2D eigenvalue weighted by Gasteiger charge is 2.48. The Morgan fingerprint density at radius 1 is 0.524 bits per heavy atom. The quantitative estimate of drug-likeness (QED) is 0.154. The predicted molar refractivity (Wildman–Crippen MR) is 271 cm³/mol. The lowest BCUT2D eigenvalue weighted by Gasteiger charge is -2.44. The van der Waals surface area contributed by atoms with Gasteiger partial charge in [0.1, 0.15) is 11.2 Å². The average molecular weight is 835 g/mol. The molecule has 0 saturated heterocycles. The van der Waals surface area contributed by atoms with Crippen LogP contribution in [0.3, 0.4) is 0 Å². The zero-order chi connectivity index (χ0) is 42.7. The van der Waals surface area contributed by atoms with Crippen molar-refractivity contribution in [3.8, 4) is 11.1 Å². The Bertz CT molecular complexity index is 3720. The topological polar surface area (TPSA) is 21.3 Å². The third-order valence-electron chi connectivity index (χ3n) is 16.7. The molecule has 0 spiro atoms. The number of anilines is 3. The van der Waals surface area contributed by atoms with E-state index in [1.54, 1.807) is 0 Å². The molecule has 63 heavy (non-hydrogen) atoms. The number of thiophene rings is 1. The van der Waals surface area contributed by atoms with Gasteiger partial charge in [-0.05, 0) is 134 Å². The van der Waals surface area contributed by atoms with Gasteiger partial charge in [-0.15, -0.1) is 11.3 Å². The van der Waals surface area contributed by atoms with E-state index in [4.69, 9.17) is 4.42 Å². The number of furan rings is 1. The largest absolute Gasteiger partial charge is 0.456 e. The molecule has 0 saturated carbocycles. The van der Waals surface area contributed by atoms with Gasteiger partial charge in [-0.2, -0.15) is 0 Å². The van der Waals surface area contributed by atoms with E-state index in [2.05, 4.69) is 180 Å². The van der Waals surface area contributed by atoms with Gasteiger partial charge in [0.05, 0.1) is 16.8 Å². The Hall–Kier alpha value is -5.78. The molecule has 3 nitrogen and oxygen atoms in total. The number of fused-ring (bicyclic) bond motifs is 17. The molecule has 2 aliphatic carbocycles. The summed E-state index contributed by atoms with van der Waals surface area (Å²) in [6.07, 6.45) is 4.73. The van der Waals surface area contributed by atoms with Gasteiger partial charge in [-0.25, -0.2) is 0 Å². The minimum atomic E-state index is -0.0428. The maximum absolute atomic E-state index is 7.01. The van der Waals surface area contributed by atoms with Crippen molar-refractivity contribution in [1.29, 1.82) is 0 Å². The van der Waals surface area contributed by atoms with Crippen molar-refractivity contribution < 1.29 is 4.42 Å². The molecule has 0 unspecified atom stereocenters. The molecule has 0 amide bonds. The first-order valence-corrected chi connectivity index (χ1v) is 24.0. The molecule has 5 heteroatoms. The number of benzene rings is 7. The fourth-order valence-corrected chi connectivity index (χ4v) is 14.3. The van der Waals surface area contributed by atoms with Crippen molar-refractivity contribution in [1.82, 2.24) is 4.48 Å². The first-order chi connectivity index (χ1) is 30.2. The van der Waals surface area contributed by atoms with Crippen LogP contribution in [0.1, 0.15) is 103 Å². The lowest BCUT2D eigenvalue weighted by molar-refractivity contribution is 0.332. The maximum atomic E-state index is 7.01. The molecule has 0 radical (unpaired) electrons. The van der Waals surface area contributed by atoms with Crippen molar-refractivity contribution >= 4 is 110 Å². The van der Waals surface area contributed by atoms with Gasteiger partial charge in [0.25, 0.3) is 0 Å². The number of hydrogen-bond donors (Lipinski definition) is 0. The standard InChI is InChI=1S/C58H51BN2OS/c1-55(2)24-25-56(3,4)41-28-33(21-22-40(41)55)60-52-39-29-42-43(58(7,8)27-26-57(42,5)6)31-47(39)63-54(52)59-50-38(30-46-49(53(50)60)36-16-11-12-19-45(36)62-46)35-17-13-18-37-48-34-15-10-9-14-32(34)20-23-44(48)61(59)51(35)37/h9-23,28-31H,24-27H2,1-8H3. The molecular weight excluding hydrogens is 784 g/mol. The summed E-state index contributed by atoms with van der Waals surface area (Å²) >= 11 is 2.04. The molecule has 0 fully saturated rings. The summed E-state index contributed by atoms with van der Waals surface area (Å²) in [5.41, 5.74) is 18.6. The van der Waals surface area contributed by atoms with Crippen molar-refractivity contribution in [3.63, 3.8) is 0 Å². The normalized spacial score (nSPS) is 18.7. The molecular formula is C58H51BN2OS. The van der Waals surface area contributed by atoms with E-state index in [1.165, 1.54) is 140 Å². The molecule has 2 aliphatic heterocycles. The maximum Gasteiger partial charge on any atom is 0.343 e. The zero-order valence-electron chi connectivity index (χ0n) is 37.6. The Kier molecular flexibility index (Phi) is 6.79. The van der Waals surface area contributed by atoms with Crippen LogP contribution in [0.2, 0.25) is 0 Å². The first kappa shape index (κ1) is 36.7. The molecule has 5 heterocycles. The van der Waals surface area contributed by atoms with Crippen LogP contribution in [0.4, 0.5) is 17.1 Å². The second kappa shape index (κ2) is 11.7. The van der Waals surface area contributed by atoms with Crippen LogP contribution >= 0.6 is 11.3 Å². The first-order valence-electron chi connectivity index (χ1n) is 23.2. The molecule has 308 valence electrons. The summed E-state index contributed by atoms with van der Waals surface area (Å²) in [6, 6.07) is 44.7. The molecule has 4 aliphatic rings. The summed E-state index contributed by atoms with van der Waals surface area (Å²) in [7, 11) is 0. The van der Waals surface area contributed by atoms with Crippen LogP contribution in [0.5, 0.6) is 0 Å². The second-order valence-electron chi connectivity index (χ2n) is 22.1. The average Bonchev–Trinajstić information content (AvgIpc) is 3.95. The molecule has 14 rings (SSSR count). The summed E-state index contributed by atoms with van der Waals surface area (Å²) in [5, 5.41) is 9.00. The van der Waals surface area contributed by atoms with E-state index < -0.39 is 0 Å². The third-order valence-corrected chi connectivity index (χ3v) is 17.9. The Morgan fingerprint density at radius 2 is 1.19 bits per heavy atom. The van der Waals surface area contributed by atoms with Crippen LogP contribution in [0, 0.1) is 0 Å². The van der Waals surface area contributed by atoms with Gasteiger partial charge in [0, 0.05) is 53.3 Å². The highest BCUT2D eigenvalue weighted by Crippen LogP contribution is 2.56. The second-order valence-corrected chi connectivity index (χ2v) is 23.2. The van der Waals surface area contributed by atoms with Crippen LogP contribution in [-0.2, 0) is 21.7 Å². The summed E-state index contributed by atoms with van der Waals surface area (Å²) < 4.78 is 12.6. The molecule has 10 aromatic rings. The monoisotopic (exact) mass is 834 g/mol. The molecule has 3 aromatic heterocycles. The lowest BCUT2D eigenvalue weighted by atomic mass is 9.48. The van der Waals surface area contributed by atoms with Crippen molar-refractivity contribution in [2.75, 3.05) is 4.90 Å². The number of nitrogens with zero attached hydrogens (tertiary/aromatic N) is 2. The van der Waals surface area contributed by atoms with E-state index in [1.807, 2.05) is 11.3 Å². The third kappa shape index (κ3) is 4.57. The number of rotatable bonds is 1. The van der Waals surface area contributed by atoms with Gasteiger partial charge in [-0.3, -0.25) is 0 Å². The van der Waals surface area contributed by atoms with Crippen LogP contribution in [-0.4, -0.2) is 11.3 Å². The lowest BCUT2D eigenvalue weighted by Crippen LogP contribution is -2.55. The SMILES string of the molecule is CC1(C)CCC(C)(C)c2cc(N3c4c(sc5cc6c(cc45)C(C)(C)CCC6(C)C)B4c5c(cc6oc7ccccc7c6c53)-c3cccc5c6c7ccccc7ccc6n4c35)ccc21. The fourth-order valence-electron chi connectivity index (χ4n) is 13.0. The van der Waals surface area contributed by atoms with E-state index in [0.29, 0.717) is 0 Å². The molecule has 0 N–H and O–H groups in total. The fraction of sp³-hybridized carbons (Fsp3) is 0.276. The summed E-state index contributed by atoms with van der Waals surface area (Å²) in [4.78, 5) is 2.73. The predicted octanol–water partition coefficient (Wildman–Crippen LogP) is 15.2. The van der Waals surface area contributed by atoms with E-state index in [-0.39, 0.29) is 28.5 Å². The van der Waals surface area contributed by atoms with Crippen molar-refractivity contribution in [2.24, 2.45) is 0 Å². The number of aromatic nitrogens is 1. The van der Waals surface area contributed by atoms with E-state index in [0.717, 1.165) is 11.2 Å². The zero-order valence-corrected chi connectivity index (χ0v) is 38.4. The smallest absolute Gasteiger partial charge is 0.343 e. The van der Waals surface area contributed by atoms with E-state index in [9.17, 15) is 0 Å². The van der Waals surface area contributed by atoms with Crippen molar-refractivity contribution in [2.45, 2.75) is 103 Å². The molecule has 0 atom stereocenters. The van der Waals surface area contributed by atoms with Crippen LogP contribution < -0.4 is 15.1 Å². The highest BCUT2D eigenvalue weighted by molar-refractivity contribution is 7.32.